The Balaban J connectivity index is 2.72. The molecule has 0 aliphatic rings. The number of aliphatic hydroxyl groups excluding tert-OH is 1. The van der Waals surface area contributed by atoms with Gasteiger partial charge in [-0.1, -0.05) is 25.1 Å². The van der Waals surface area contributed by atoms with Gasteiger partial charge in [-0.3, -0.25) is 4.79 Å². The summed E-state index contributed by atoms with van der Waals surface area (Å²) in [5, 5.41) is 9.46. The summed E-state index contributed by atoms with van der Waals surface area (Å²) >= 11 is 0. The van der Waals surface area contributed by atoms with Gasteiger partial charge in [-0.2, -0.15) is 0 Å². The van der Waals surface area contributed by atoms with E-state index in [-0.39, 0.29) is 13.2 Å². The predicted molar refractivity (Wildman–Crippen MR) is 73.2 cm³/mol. The molecule has 110 valence electrons. The van der Waals surface area contributed by atoms with Crippen molar-refractivity contribution in [2.75, 3.05) is 19.8 Å². The van der Waals surface area contributed by atoms with Gasteiger partial charge in [0.2, 0.25) is 0 Å². The minimum atomic E-state index is -1.19. The molecule has 1 atom stereocenters. The molecule has 5 heteroatoms. The zero-order chi connectivity index (χ0) is 15.0. The zero-order valence-electron chi connectivity index (χ0n) is 11.8. The molecule has 0 amide bonds. The summed E-state index contributed by atoms with van der Waals surface area (Å²) in [6.07, 6.45) is 0.324. The van der Waals surface area contributed by atoms with E-state index >= 15 is 0 Å². The zero-order valence-corrected chi connectivity index (χ0v) is 11.8. The third-order valence-corrected chi connectivity index (χ3v) is 3.18. The van der Waals surface area contributed by atoms with Crippen molar-refractivity contribution < 1.29 is 24.2 Å². The maximum Gasteiger partial charge on any atom is 0.338 e. The summed E-state index contributed by atoms with van der Waals surface area (Å²) in [5.74, 6) is -1.08. The van der Waals surface area contributed by atoms with Crippen molar-refractivity contribution >= 4 is 11.9 Å². The first-order valence-electron chi connectivity index (χ1n) is 6.60. The first-order valence-corrected chi connectivity index (χ1v) is 6.60. The summed E-state index contributed by atoms with van der Waals surface area (Å²) in [5.41, 5.74) is -0.792. The molecule has 1 aromatic rings. The van der Waals surface area contributed by atoms with Crippen molar-refractivity contribution in [3.05, 3.63) is 35.9 Å². The highest BCUT2D eigenvalue weighted by atomic mass is 16.6. The monoisotopic (exact) mass is 280 g/mol. The van der Waals surface area contributed by atoms with E-state index in [0.717, 1.165) is 0 Å². The Morgan fingerprint density at radius 3 is 2.30 bits per heavy atom. The number of rotatable bonds is 7. The average molecular weight is 280 g/mol. The summed E-state index contributed by atoms with van der Waals surface area (Å²) in [6, 6.07) is 8.49. The van der Waals surface area contributed by atoms with E-state index in [2.05, 4.69) is 0 Å². The van der Waals surface area contributed by atoms with Crippen LogP contribution in [0.4, 0.5) is 0 Å². The van der Waals surface area contributed by atoms with Crippen LogP contribution in [-0.4, -0.2) is 36.9 Å². The first kappa shape index (κ1) is 16.2. The molecule has 0 bridgehead atoms. The topological polar surface area (TPSA) is 72.8 Å². The number of benzene rings is 1. The number of hydrogen-bond donors (Lipinski definition) is 1. The van der Waals surface area contributed by atoms with E-state index in [1.807, 2.05) is 0 Å². The lowest BCUT2D eigenvalue weighted by molar-refractivity contribution is -0.161. The van der Waals surface area contributed by atoms with Crippen molar-refractivity contribution in [3.8, 4) is 0 Å². The highest BCUT2D eigenvalue weighted by molar-refractivity contribution is 5.89. The molecule has 1 N–H and O–H groups in total. The lowest BCUT2D eigenvalue weighted by atomic mass is 9.87. The van der Waals surface area contributed by atoms with Gasteiger partial charge in [0, 0.05) is 0 Å². The molecule has 1 aromatic carbocycles. The van der Waals surface area contributed by atoms with Crippen LogP contribution >= 0.6 is 0 Å². The van der Waals surface area contributed by atoms with Gasteiger partial charge in [-0.05, 0) is 25.5 Å². The fourth-order valence-electron chi connectivity index (χ4n) is 1.67. The van der Waals surface area contributed by atoms with Crippen LogP contribution in [0.15, 0.2) is 30.3 Å². The molecule has 0 radical (unpaired) electrons. The van der Waals surface area contributed by atoms with E-state index in [1.165, 1.54) is 0 Å². The number of carbonyl (C=O) groups excluding carboxylic acids is 2. The molecule has 5 nitrogen and oxygen atoms in total. The number of ether oxygens (including phenoxy) is 2. The van der Waals surface area contributed by atoms with E-state index in [4.69, 9.17) is 9.47 Å². The molecular formula is C15H20O5. The lowest BCUT2D eigenvalue weighted by Gasteiger charge is -2.27. The molecular weight excluding hydrogens is 260 g/mol. The van der Waals surface area contributed by atoms with E-state index < -0.39 is 24.0 Å². The Bertz CT molecular complexity index is 437. The molecule has 0 spiro atoms. The fraction of sp³-hybridized carbons (Fsp3) is 0.467. The largest absolute Gasteiger partial charge is 0.465 e. The van der Waals surface area contributed by atoms with Crippen molar-refractivity contribution in [2.45, 2.75) is 20.3 Å². The van der Waals surface area contributed by atoms with Gasteiger partial charge in [0.1, 0.15) is 12.0 Å². The number of esters is 2. The Labute approximate surface area is 118 Å². The Morgan fingerprint density at radius 1 is 1.15 bits per heavy atom. The molecule has 1 unspecified atom stereocenters. The Morgan fingerprint density at radius 2 is 1.80 bits per heavy atom. The molecule has 0 fully saturated rings. The molecule has 0 saturated carbocycles. The van der Waals surface area contributed by atoms with Gasteiger partial charge >= 0.3 is 11.9 Å². The highest BCUT2D eigenvalue weighted by Crippen LogP contribution is 2.24. The standard InChI is InChI=1S/C15H20O5/c1-3-15(10-16,14(18)19-4-2)11-20-13(17)12-8-6-5-7-9-12/h5-9,16H,3-4,10-11H2,1-2H3. The van der Waals surface area contributed by atoms with Gasteiger partial charge in [0.15, 0.2) is 0 Å². The maximum atomic E-state index is 11.9. The molecule has 0 aromatic heterocycles. The predicted octanol–water partition coefficient (Wildman–Crippen LogP) is 1.80. The van der Waals surface area contributed by atoms with Crippen molar-refractivity contribution in [3.63, 3.8) is 0 Å². The van der Waals surface area contributed by atoms with E-state index in [1.54, 1.807) is 44.2 Å². The van der Waals surface area contributed by atoms with Gasteiger partial charge in [0.05, 0.1) is 18.8 Å². The van der Waals surface area contributed by atoms with Gasteiger partial charge in [-0.15, -0.1) is 0 Å². The van der Waals surface area contributed by atoms with Crippen LogP contribution in [0.5, 0.6) is 0 Å². The van der Waals surface area contributed by atoms with Crippen LogP contribution in [-0.2, 0) is 14.3 Å². The van der Waals surface area contributed by atoms with Crippen LogP contribution in [0.2, 0.25) is 0 Å². The van der Waals surface area contributed by atoms with Gasteiger partial charge < -0.3 is 14.6 Å². The van der Waals surface area contributed by atoms with Crippen molar-refractivity contribution in [2.24, 2.45) is 5.41 Å². The van der Waals surface area contributed by atoms with Crippen LogP contribution in [0.25, 0.3) is 0 Å². The number of aliphatic hydroxyl groups is 1. The Kier molecular flexibility index (Phi) is 6.18. The normalized spacial score (nSPS) is 13.3. The smallest absolute Gasteiger partial charge is 0.338 e. The molecule has 0 aliphatic carbocycles. The molecule has 1 rings (SSSR count). The van der Waals surface area contributed by atoms with Crippen LogP contribution in [0, 0.1) is 5.41 Å². The second kappa shape index (κ2) is 7.65. The molecule has 0 saturated heterocycles. The highest BCUT2D eigenvalue weighted by Gasteiger charge is 2.39. The first-order chi connectivity index (χ1) is 9.59. The Hall–Kier alpha value is -1.88. The second-order valence-corrected chi connectivity index (χ2v) is 4.45. The molecule has 0 heterocycles. The van der Waals surface area contributed by atoms with Crippen molar-refractivity contribution in [1.82, 2.24) is 0 Å². The fourth-order valence-corrected chi connectivity index (χ4v) is 1.67. The van der Waals surface area contributed by atoms with Crippen LogP contribution in [0.3, 0.4) is 0 Å². The van der Waals surface area contributed by atoms with Crippen LogP contribution in [0.1, 0.15) is 30.6 Å². The average Bonchev–Trinajstić information content (AvgIpc) is 2.49. The minimum absolute atomic E-state index is 0.202. The summed E-state index contributed by atoms with van der Waals surface area (Å²) in [4.78, 5) is 23.8. The van der Waals surface area contributed by atoms with Crippen LogP contribution < -0.4 is 0 Å². The summed E-state index contributed by atoms with van der Waals surface area (Å²) < 4.78 is 10.1. The number of carbonyl (C=O) groups is 2. The summed E-state index contributed by atoms with van der Waals surface area (Å²) in [6.45, 7) is 3.01. The third kappa shape index (κ3) is 3.81. The SMILES string of the molecule is CCOC(=O)C(CC)(CO)COC(=O)c1ccccc1. The van der Waals surface area contributed by atoms with Crippen molar-refractivity contribution in [1.29, 1.82) is 0 Å². The summed E-state index contributed by atoms with van der Waals surface area (Å²) in [7, 11) is 0. The maximum absolute atomic E-state index is 11.9. The lowest BCUT2D eigenvalue weighted by Crippen LogP contribution is -2.41. The number of hydrogen-bond acceptors (Lipinski definition) is 5. The van der Waals surface area contributed by atoms with E-state index in [9.17, 15) is 14.7 Å². The molecule has 0 aliphatic heterocycles. The third-order valence-electron chi connectivity index (χ3n) is 3.18. The second-order valence-electron chi connectivity index (χ2n) is 4.45. The van der Waals surface area contributed by atoms with Gasteiger partial charge in [-0.25, -0.2) is 4.79 Å². The van der Waals surface area contributed by atoms with Gasteiger partial charge in [0.25, 0.3) is 0 Å². The quantitative estimate of drug-likeness (QED) is 0.771. The molecule has 20 heavy (non-hydrogen) atoms. The minimum Gasteiger partial charge on any atom is -0.465 e. The van der Waals surface area contributed by atoms with E-state index in [0.29, 0.717) is 12.0 Å².